The molecular weight excluding hydrogens is 254 g/mol. The highest BCUT2D eigenvalue weighted by Crippen LogP contribution is 2.45. The van der Waals surface area contributed by atoms with Gasteiger partial charge in [-0.25, -0.2) is 4.98 Å². The molecule has 0 atom stereocenters. The molecule has 20 heavy (non-hydrogen) atoms. The van der Waals surface area contributed by atoms with Crippen molar-refractivity contribution in [2.24, 2.45) is 11.1 Å². The minimum absolute atomic E-state index is 0.285. The summed E-state index contributed by atoms with van der Waals surface area (Å²) >= 11 is 0. The minimum atomic E-state index is 0.285. The van der Waals surface area contributed by atoms with Crippen LogP contribution in [0.5, 0.6) is 0 Å². The molecule has 0 unspecified atom stereocenters. The summed E-state index contributed by atoms with van der Waals surface area (Å²) in [6.45, 7) is 1.67. The molecule has 1 aromatic rings. The van der Waals surface area contributed by atoms with Gasteiger partial charge in [0.1, 0.15) is 5.82 Å². The summed E-state index contributed by atoms with van der Waals surface area (Å²) < 4.78 is 5.27. The van der Waals surface area contributed by atoms with E-state index in [4.69, 9.17) is 16.2 Å². The van der Waals surface area contributed by atoms with E-state index in [2.05, 4.69) is 15.3 Å². The summed E-state index contributed by atoms with van der Waals surface area (Å²) in [5.41, 5.74) is 12.9. The van der Waals surface area contributed by atoms with Gasteiger partial charge in [-0.1, -0.05) is 0 Å². The van der Waals surface area contributed by atoms with E-state index in [0.717, 1.165) is 37.5 Å². The molecule has 0 amide bonds. The van der Waals surface area contributed by atoms with E-state index in [1.807, 2.05) is 6.07 Å². The quantitative estimate of drug-likeness (QED) is 0.720. The lowest BCUT2D eigenvalue weighted by Gasteiger charge is -2.32. The van der Waals surface area contributed by atoms with E-state index in [0.29, 0.717) is 17.9 Å². The Balaban J connectivity index is 1.64. The van der Waals surface area contributed by atoms with Gasteiger partial charge in [-0.15, -0.1) is 0 Å². The van der Waals surface area contributed by atoms with Crippen molar-refractivity contribution < 1.29 is 4.74 Å². The van der Waals surface area contributed by atoms with E-state index in [-0.39, 0.29) is 5.41 Å². The van der Waals surface area contributed by atoms with Crippen molar-refractivity contribution in [3.63, 3.8) is 0 Å². The molecule has 0 spiro atoms. The molecule has 0 aromatic carbocycles. The summed E-state index contributed by atoms with van der Waals surface area (Å²) in [5, 5.41) is 3.39. The number of hydrogen-bond donors (Lipinski definition) is 3. The van der Waals surface area contributed by atoms with E-state index in [1.165, 1.54) is 12.8 Å². The molecule has 0 bridgehead atoms. The van der Waals surface area contributed by atoms with Gasteiger partial charge in [-0.2, -0.15) is 4.98 Å². The van der Waals surface area contributed by atoms with E-state index >= 15 is 0 Å². The van der Waals surface area contributed by atoms with Crippen LogP contribution in [0.15, 0.2) is 6.07 Å². The first-order chi connectivity index (χ1) is 9.60. The third-order valence-electron chi connectivity index (χ3n) is 4.41. The molecule has 6 nitrogen and oxygen atoms in total. The summed E-state index contributed by atoms with van der Waals surface area (Å²) in [6.07, 6.45) is 4.39. The largest absolute Gasteiger partial charge is 0.384 e. The lowest BCUT2D eigenvalue weighted by Crippen LogP contribution is -2.35. The van der Waals surface area contributed by atoms with Crippen LogP contribution in [0.3, 0.4) is 0 Å². The van der Waals surface area contributed by atoms with Crippen molar-refractivity contribution in [3.8, 4) is 0 Å². The zero-order valence-electron chi connectivity index (χ0n) is 11.9. The Morgan fingerprint density at radius 3 is 2.75 bits per heavy atom. The highest BCUT2D eigenvalue weighted by Gasteiger charge is 2.42. The molecule has 2 saturated carbocycles. The van der Waals surface area contributed by atoms with E-state index < -0.39 is 0 Å². The lowest BCUT2D eigenvalue weighted by molar-refractivity contribution is 0.147. The first-order valence-corrected chi connectivity index (χ1v) is 7.23. The Bertz CT molecular complexity index is 482. The van der Waals surface area contributed by atoms with Gasteiger partial charge in [0.25, 0.3) is 0 Å². The van der Waals surface area contributed by atoms with E-state index in [1.54, 1.807) is 7.11 Å². The van der Waals surface area contributed by atoms with Crippen LogP contribution in [0.2, 0.25) is 0 Å². The first-order valence-electron chi connectivity index (χ1n) is 7.23. The predicted octanol–water partition coefficient (Wildman–Crippen LogP) is 1.10. The number of anilines is 2. The van der Waals surface area contributed by atoms with Crippen LogP contribution < -0.4 is 16.8 Å². The Kier molecular flexibility index (Phi) is 3.52. The standard InChI is InChI=1S/C14H23N5O/c1-20-8-14(2-3-14)7-17-12-6-11(18-13(16)19-12)9-4-10(15)5-9/h6,9-10H,2-5,7-8,15H2,1H3,(H3,16,17,18,19). The lowest BCUT2D eigenvalue weighted by atomic mass is 9.78. The highest BCUT2D eigenvalue weighted by molar-refractivity contribution is 5.42. The molecule has 2 aliphatic carbocycles. The second-order valence-corrected chi connectivity index (χ2v) is 6.25. The molecular formula is C14H23N5O. The fourth-order valence-electron chi connectivity index (χ4n) is 2.82. The zero-order valence-corrected chi connectivity index (χ0v) is 11.9. The SMILES string of the molecule is COCC1(CNc2cc(C3CC(N)C3)nc(N)n2)CC1. The summed E-state index contributed by atoms with van der Waals surface area (Å²) in [4.78, 5) is 8.60. The van der Waals surface area contributed by atoms with Crippen molar-refractivity contribution in [3.05, 3.63) is 11.8 Å². The smallest absolute Gasteiger partial charge is 0.222 e. The van der Waals surface area contributed by atoms with Crippen LogP contribution in [0.25, 0.3) is 0 Å². The van der Waals surface area contributed by atoms with Gasteiger partial charge >= 0.3 is 0 Å². The van der Waals surface area contributed by atoms with Gasteiger partial charge in [-0.05, 0) is 25.7 Å². The van der Waals surface area contributed by atoms with Gasteiger partial charge in [0.15, 0.2) is 0 Å². The van der Waals surface area contributed by atoms with Crippen molar-refractivity contribution in [2.45, 2.75) is 37.6 Å². The molecule has 0 radical (unpaired) electrons. The van der Waals surface area contributed by atoms with Crippen LogP contribution in [0.1, 0.15) is 37.3 Å². The maximum absolute atomic E-state index is 5.84. The third kappa shape index (κ3) is 2.86. The molecule has 6 heteroatoms. The van der Waals surface area contributed by atoms with Crippen molar-refractivity contribution in [2.75, 3.05) is 31.3 Å². The number of nitrogens with zero attached hydrogens (tertiary/aromatic N) is 2. The van der Waals surface area contributed by atoms with Crippen molar-refractivity contribution >= 4 is 11.8 Å². The average molecular weight is 277 g/mol. The molecule has 1 heterocycles. The van der Waals surface area contributed by atoms with Crippen LogP contribution in [-0.2, 0) is 4.74 Å². The number of aromatic nitrogens is 2. The molecule has 1 aromatic heterocycles. The molecule has 110 valence electrons. The topological polar surface area (TPSA) is 99.1 Å². The van der Waals surface area contributed by atoms with Crippen LogP contribution in [0, 0.1) is 5.41 Å². The van der Waals surface area contributed by atoms with Gasteiger partial charge in [0.05, 0.1) is 12.3 Å². The second-order valence-electron chi connectivity index (χ2n) is 6.25. The Morgan fingerprint density at radius 2 is 2.15 bits per heavy atom. The number of hydrogen-bond acceptors (Lipinski definition) is 6. The van der Waals surface area contributed by atoms with Crippen molar-refractivity contribution in [1.82, 2.24) is 9.97 Å². The van der Waals surface area contributed by atoms with Gasteiger partial charge in [-0.3, -0.25) is 0 Å². The normalized spacial score (nSPS) is 26.9. The highest BCUT2D eigenvalue weighted by atomic mass is 16.5. The van der Waals surface area contributed by atoms with E-state index in [9.17, 15) is 0 Å². The molecule has 0 aliphatic heterocycles. The van der Waals surface area contributed by atoms with Gasteiger partial charge in [0, 0.05) is 37.1 Å². The number of nitrogens with two attached hydrogens (primary N) is 2. The summed E-state index contributed by atoms with van der Waals surface area (Å²) in [7, 11) is 1.75. The first kappa shape index (κ1) is 13.6. The number of rotatable bonds is 6. The van der Waals surface area contributed by atoms with Crippen LogP contribution in [0.4, 0.5) is 11.8 Å². The monoisotopic (exact) mass is 277 g/mol. The summed E-state index contributed by atoms with van der Waals surface area (Å²) in [6, 6.07) is 2.32. The number of nitrogens with one attached hydrogen (secondary N) is 1. The van der Waals surface area contributed by atoms with Crippen LogP contribution >= 0.6 is 0 Å². The number of methoxy groups -OCH3 is 1. The Hall–Kier alpha value is -1.40. The fraction of sp³-hybridized carbons (Fsp3) is 0.714. The van der Waals surface area contributed by atoms with Gasteiger partial charge < -0.3 is 21.5 Å². The molecule has 5 N–H and O–H groups in total. The van der Waals surface area contributed by atoms with Crippen molar-refractivity contribution in [1.29, 1.82) is 0 Å². The second kappa shape index (κ2) is 5.18. The Morgan fingerprint density at radius 1 is 1.40 bits per heavy atom. The third-order valence-corrected chi connectivity index (χ3v) is 4.41. The fourth-order valence-corrected chi connectivity index (χ4v) is 2.82. The number of ether oxygens (including phenoxy) is 1. The molecule has 2 aliphatic rings. The maximum Gasteiger partial charge on any atom is 0.222 e. The molecule has 2 fully saturated rings. The minimum Gasteiger partial charge on any atom is -0.384 e. The average Bonchev–Trinajstić information content (AvgIpc) is 3.13. The molecule has 0 saturated heterocycles. The number of nitrogen functional groups attached to an aromatic ring is 1. The molecule has 3 rings (SSSR count). The summed E-state index contributed by atoms with van der Waals surface area (Å²) in [5.74, 6) is 1.59. The maximum atomic E-state index is 5.84. The Labute approximate surface area is 119 Å². The van der Waals surface area contributed by atoms with Crippen LogP contribution in [-0.4, -0.2) is 36.3 Å². The van der Waals surface area contributed by atoms with Gasteiger partial charge in [0.2, 0.25) is 5.95 Å². The predicted molar refractivity (Wildman–Crippen MR) is 78.4 cm³/mol. The zero-order chi connectivity index (χ0) is 14.2.